The van der Waals surface area contributed by atoms with Crippen molar-refractivity contribution in [3.05, 3.63) is 24.4 Å². The molecule has 0 aliphatic heterocycles. The van der Waals surface area contributed by atoms with Crippen LogP contribution in [0.25, 0.3) is 0 Å². The van der Waals surface area contributed by atoms with E-state index in [1.54, 1.807) is 6.20 Å². The van der Waals surface area contributed by atoms with Crippen LogP contribution in [-0.2, 0) is 0 Å². The fourth-order valence-electron chi connectivity index (χ4n) is 0.754. The molecule has 0 N–H and O–H groups in total. The first-order valence-electron chi connectivity index (χ1n) is 3.77. The second kappa shape index (κ2) is 3.37. The zero-order chi connectivity index (χ0) is 8.27. The maximum Gasteiger partial charge on any atom is 0.136 e. The van der Waals surface area contributed by atoms with Crippen LogP contribution in [0.3, 0.4) is 0 Å². The number of hydrogen-bond donors (Lipinski definition) is 0. The molecule has 1 aromatic rings. The molecule has 1 radical (unpaired) electrons. The van der Waals surface area contributed by atoms with E-state index in [1.165, 1.54) is 0 Å². The molecule has 0 aliphatic rings. The molecule has 1 aromatic heterocycles. The summed E-state index contributed by atoms with van der Waals surface area (Å²) in [6.45, 7) is 4.26. The lowest BCUT2D eigenvalue weighted by Crippen LogP contribution is -2.26. The molecule has 0 atom stereocenters. The van der Waals surface area contributed by atoms with Gasteiger partial charge in [-0.3, -0.25) is 0 Å². The zero-order valence-electron chi connectivity index (χ0n) is 7.20. The monoisotopic (exact) mass is 149 g/mol. The van der Waals surface area contributed by atoms with Gasteiger partial charge in [0.25, 0.3) is 0 Å². The quantitative estimate of drug-likeness (QED) is 0.636. The van der Waals surface area contributed by atoms with Gasteiger partial charge in [-0.05, 0) is 26.0 Å². The molecule has 0 aromatic carbocycles. The van der Waals surface area contributed by atoms with E-state index in [2.05, 4.69) is 29.8 Å². The summed E-state index contributed by atoms with van der Waals surface area (Å²) in [6.07, 6.45) is 1.78. The predicted octanol–water partition coefficient (Wildman–Crippen LogP) is 1.73. The minimum absolute atomic E-state index is 0.473. The highest BCUT2D eigenvalue weighted by atomic mass is 15.2. The summed E-state index contributed by atoms with van der Waals surface area (Å²) in [5.74, 6) is 0.905. The number of aromatic nitrogens is 1. The third kappa shape index (κ3) is 1.93. The minimum Gasteiger partial charge on any atom is -0.357 e. The molecule has 1 rings (SSSR count). The minimum atomic E-state index is 0.473. The molecule has 1 heterocycles. The molecular weight excluding hydrogens is 136 g/mol. The van der Waals surface area contributed by atoms with Crippen molar-refractivity contribution in [2.24, 2.45) is 0 Å². The Morgan fingerprint density at radius 2 is 2.27 bits per heavy atom. The first-order chi connectivity index (χ1) is 5.22. The zero-order valence-corrected chi connectivity index (χ0v) is 7.20. The summed E-state index contributed by atoms with van der Waals surface area (Å²) in [6, 6.07) is 7.29. The third-order valence-corrected chi connectivity index (χ3v) is 1.70. The van der Waals surface area contributed by atoms with E-state index < -0.39 is 0 Å². The second-order valence-electron chi connectivity index (χ2n) is 2.81. The first-order valence-corrected chi connectivity index (χ1v) is 3.77. The highest BCUT2D eigenvalue weighted by Crippen LogP contribution is 2.08. The van der Waals surface area contributed by atoms with E-state index in [0.717, 1.165) is 5.82 Å². The van der Waals surface area contributed by atoms with Gasteiger partial charge in [-0.1, -0.05) is 0 Å². The predicted molar refractivity (Wildman–Crippen MR) is 46.6 cm³/mol. The summed E-state index contributed by atoms with van der Waals surface area (Å²) in [5, 5.41) is 0. The Hall–Kier alpha value is -1.05. The van der Waals surface area contributed by atoms with Crippen LogP contribution in [0.1, 0.15) is 13.8 Å². The molecule has 0 aliphatic carbocycles. The summed E-state index contributed by atoms with van der Waals surface area (Å²) >= 11 is 0. The standard InChI is InChI=1S/C9H13N2/c1-8(2)11(3)9-6-4-5-7-10-9/h4-5,7-8H,1-3H3. The van der Waals surface area contributed by atoms with Crippen molar-refractivity contribution in [1.82, 2.24) is 4.98 Å². The van der Waals surface area contributed by atoms with E-state index in [-0.39, 0.29) is 0 Å². The van der Waals surface area contributed by atoms with Crippen molar-refractivity contribution in [2.45, 2.75) is 19.9 Å². The Morgan fingerprint density at radius 3 is 2.73 bits per heavy atom. The van der Waals surface area contributed by atoms with Gasteiger partial charge in [-0.15, -0.1) is 0 Å². The number of anilines is 1. The number of nitrogens with zero attached hydrogens (tertiary/aromatic N) is 2. The van der Waals surface area contributed by atoms with E-state index in [0.29, 0.717) is 6.04 Å². The van der Waals surface area contributed by atoms with Gasteiger partial charge in [0.05, 0.1) is 0 Å². The van der Waals surface area contributed by atoms with Crippen LogP contribution in [-0.4, -0.2) is 18.1 Å². The SMILES string of the molecule is CC(C)N(C)c1[c]cccn1. The summed E-state index contributed by atoms with van der Waals surface area (Å²) in [5.41, 5.74) is 0. The van der Waals surface area contributed by atoms with E-state index in [4.69, 9.17) is 0 Å². The largest absolute Gasteiger partial charge is 0.357 e. The van der Waals surface area contributed by atoms with Crippen molar-refractivity contribution in [3.8, 4) is 0 Å². The lowest BCUT2D eigenvalue weighted by Gasteiger charge is -2.21. The Kier molecular flexibility index (Phi) is 2.47. The lowest BCUT2D eigenvalue weighted by atomic mass is 10.3. The smallest absolute Gasteiger partial charge is 0.136 e. The molecule has 0 unspecified atom stereocenters. The summed E-state index contributed by atoms with van der Waals surface area (Å²) in [7, 11) is 2.02. The van der Waals surface area contributed by atoms with Crippen LogP contribution in [0.4, 0.5) is 5.82 Å². The normalized spacial score (nSPS) is 10.2. The molecule has 0 saturated heterocycles. The van der Waals surface area contributed by atoms with Gasteiger partial charge in [-0.2, -0.15) is 0 Å². The molecule has 0 fully saturated rings. The number of rotatable bonds is 2. The lowest BCUT2D eigenvalue weighted by molar-refractivity contribution is 0.743. The van der Waals surface area contributed by atoms with Gasteiger partial charge in [0.1, 0.15) is 5.82 Å². The van der Waals surface area contributed by atoms with Gasteiger partial charge >= 0.3 is 0 Å². The highest BCUT2D eigenvalue weighted by molar-refractivity contribution is 5.35. The van der Waals surface area contributed by atoms with E-state index in [1.807, 2.05) is 19.2 Å². The fraction of sp³-hybridized carbons (Fsp3) is 0.444. The van der Waals surface area contributed by atoms with Crippen molar-refractivity contribution in [1.29, 1.82) is 0 Å². The van der Waals surface area contributed by atoms with Crippen LogP contribution in [0, 0.1) is 6.07 Å². The topological polar surface area (TPSA) is 16.1 Å². The summed E-state index contributed by atoms with van der Waals surface area (Å²) < 4.78 is 0. The van der Waals surface area contributed by atoms with Crippen LogP contribution < -0.4 is 4.90 Å². The van der Waals surface area contributed by atoms with E-state index in [9.17, 15) is 0 Å². The molecule has 0 saturated carbocycles. The Balaban J connectivity index is 2.77. The fourth-order valence-corrected chi connectivity index (χ4v) is 0.754. The maximum atomic E-state index is 4.17. The average Bonchev–Trinajstić information content (AvgIpc) is 2.05. The highest BCUT2D eigenvalue weighted by Gasteiger charge is 2.03. The maximum absolute atomic E-state index is 4.17. The molecule has 59 valence electrons. The third-order valence-electron chi connectivity index (χ3n) is 1.70. The number of pyridine rings is 1. The van der Waals surface area contributed by atoms with Gasteiger partial charge in [0.15, 0.2) is 0 Å². The van der Waals surface area contributed by atoms with Crippen LogP contribution in [0.15, 0.2) is 18.3 Å². The van der Waals surface area contributed by atoms with Gasteiger partial charge in [-0.25, -0.2) is 4.98 Å². The molecule has 2 heteroatoms. The first kappa shape index (κ1) is 8.05. The Morgan fingerprint density at radius 1 is 1.55 bits per heavy atom. The molecule has 2 nitrogen and oxygen atoms in total. The van der Waals surface area contributed by atoms with Crippen LogP contribution >= 0.6 is 0 Å². The Labute approximate surface area is 67.9 Å². The molecule has 0 amide bonds. The second-order valence-corrected chi connectivity index (χ2v) is 2.81. The van der Waals surface area contributed by atoms with Crippen LogP contribution in [0.2, 0.25) is 0 Å². The van der Waals surface area contributed by atoms with Crippen molar-refractivity contribution < 1.29 is 0 Å². The molecular formula is C9H13N2. The molecule has 0 spiro atoms. The van der Waals surface area contributed by atoms with Crippen molar-refractivity contribution >= 4 is 5.82 Å². The van der Waals surface area contributed by atoms with Gasteiger partial charge < -0.3 is 4.90 Å². The summed E-state index contributed by atoms with van der Waals surface area (Å²) in [4.78, 5) is 6.25. The molecule has 11 heavy (non-hydrogen) atoms. The van der Waals surface area contributed by atoms with Gasteiger partial charge in [0, 0.05) is 25.4 Å². The van der Waals surface area contributed by atoms with Crippen molar-refractivity contribution in [2.75, 3.05) is 11.9 Å². The van der Waals surface area contributed by atoms with Crippen molar-refractivity contribution in [3.63, 3.8) is 0 Å². The van der Waals surface area contributed by atoms with Gasteiger partial charge in [0.2, 0.25) is 0 Å². The molecule has 0 bridgehead atoms. The van der Waals surface area contributed by atoms with E-state index >= 15 is 0 Å². The van der Waals surface area contributed by atoms with Crippen LogP contribution in [0.5, 0.6) is 0 Å². The Bertz CT molecular complexity index is 206. The number of hydrogen-bond acceptors (Lipinski definition) is 2. The average molecular weight is 149 g/mol.